The van der Waals surface area contributed by atoms with Gasteiger partial charge in [0, 0.05) is 0 Å². The van der Waals surface area contributed by atoms with E-state index in [1.165, 1.54) is 6.07 Å². The first kappa shape index (κ1) is 10.2. The second-order valence-corrected chi connectivity index (χ2v) is 3.89. The zero-order chi connectivity index (χ0) is 11.1. The van der Waals surface area contributed by atoms with Gasteiger partial charge in [0.05, 0.1) is 23.5 Å². The van der Waals surface area contributed by atoms with Gasteiger partial charge in [-0.15, -0.1) is 0 Å². The molecule has 0 radical (unpaired) electrons. The van der Waals surface area contributed by atoms with Crippen LogP contribution in [-0.2, 0) is 0 Å². The number of benzene rings is 1. The highest BCUT2D eigenvalue weighted by atomic mass is 19.2. The number of nitrogens with one attached hydrogen (secondary N) is 1. The molecule has 3 nitrogen and oxygen atoms in total. The Morgan fingerprint density at radius 1 is 1.40 bits per heavy atom. The smallest absolute Gasteiger partial charge is 0.183 e. The summed E-state index contributed by atoms with van der Waals surface area (Å²) in [4.78, 5) is 0. The van der Waals surface area contributed by atoms with Gasteiger partial charge < -0.3 is 16.2 Å². The lowest BCUT2D eigenvalue weighted by atomic mass is 10.2. The molecule has 0 amide bonds. The van der Waals surface area contributed by atoms with Crippen molar-refractivity contribution in [3.63, 3.8) is 0 Å². The molecule has 1 fully saturated rings. The Morgan fingerprint density at radius 3 is 2.60 bits per heavy atom. The molecule has 0 aromatic heterocycles. The van der Waals surface area contributed by atoms with E-state index in [1.807, 2.05) is 0 Å². The molecule has 4 N–H and O–H groups in total. The molecule has 0 heterocycles. The molecular weight excluding hydrogens is 202 g/mol. The summed E-state index contributed by atoms with van der Waals surface area (Å²) in [5.41, 5.74) is 5.11. The number of nitrogen functional groups attached to an aromatic ring is 1. The standard InChI is InChI=1S/C10H12F2N2O/c11-6-1-2-7(13)9(8(6)12)14-10(5-15)3-4-10/h1-2,14-15H,3-5,13H2. The first-order valence-corrected chi connectivity index (χ1v) is 4.70. The van der Waals surface area contributed by atoms with Gasteiger partial charge in [0.25, 0.3) is 0 Å². The minimum absolute atomic E-state index is 0.0541. The highest BCUT2D eigenvalue weighted by molar-refractivity contribution is 5.68. The van der Waals surface area contributed by atoms with Crippen LogP contribution in [0.4, 0.5) is 20.2 Å². The molecule has 5 heteroatoms. The fraction of sp³-hybridized carbons (Fsp3) is 0.400. The zero-order valence-electron chi connectivity index (χ0n) is 8.06. The molecule has 0 saturated heterocycles. The van der Waals surface area contributed by atoms with Crippen molar-refractivity contribution >= 4 is 11.4 Å². The number of hydrogen-bond donors (Lipinski definition) is 3. The van der Waals surface area contributed by atoms with Crippen molar-refractivity contribution in [3.8, 4) is 0 Å². The number of nitrogens with two attached hydrogens (primary N) is 1. The fourth-order valence-corrected chi connectivity index (χ4v) is 1.43. The van der Waals surface area contributed by atoms with Crippen LogP contribution in [0, 0.1) is 11.6 Å². The van der Waals surface area contributed by atoms with Crippen LogP contribution in [0.25, 0.3) is 0 Å². The van der Waals surface area contributed by atoms with E-state index < -0.39 is 17.2 Å². The van der Waals surface area contributed by atoms with Gasteiger partial charge in [-0.2, -0.15) is 0 Å². The van der Waals surface area contributed by atoms with Gasteiger partial charge in [-0.05, 0) is 25.0 Å². The molecule has 1 aromatic carbocycles. The average molecular weight is 214 g/mol. The minimum atomic E-state index is -0.991. The van der Waals surface area contributed by atoms with Crippen molar-refractivity contribution in [2.24, 2.45) is 0 Å². The van der Waals surface area contributed by atoms with E-state index in [4.69, 9.17) is 10.8 Å². The van der Waals surface area contributed by atoms with E-state index >= 15 is 0 Å². The van der Waals surface area contributed by atoms with Crippen LogP contribution in [0.5, 0.6) is 0 Å². The third kappa shape index (κ3) is 1.74. The van der Waals surface area contributed by atoms with Gasteiger partial charge in [0.1, 0.15) is 0 Å². The van der Waals surface area contributed by atoms with Crippen molar-refractivity contribution in [3.05, 3.63) is 23.8 Å². The van der Waals surface area contributed by atoms with E-state index in [1.54, 1.807) is 0 Å². The van der Waals surface area contributed by atoms with Crippen LogP contribution in [0.3, 0.4) is 0 Å². The molecule has 0 bridgehead atoms. The summed E-state index contributed by atoms with van der Waals surface area (Å²) in [7, 11) is 0. The van der Waals surface area contributed by atoms with E-state index in [-0.39, 0.29) is 18.0 Å². The third-order valence-corrected chi connectivity index (χ3v) is 2.67. The minimum Gasteiger partial charge on any atom is -0.397 e. The maximum absolute atomic E-state index is 13.4. The topological polar surface area (TPSA) is 58.3 Å². The van der Waals surface area contributed by atoms with E-state index in [2.05, 4.69) is 5.32 Å². The SMILES string of the molecule is Nc1ccc(F)c(F)c1NC1(CO)CC1. The summed E-state index contributed by atoms with van der Waals surface area (Å²) in [6, 6.07) is 2.28. The zero-order valence-corrected chi connectivity index (χ0v) is 8.06. The van der Waals surface area contributed by atoms with Crippen molar-refractivity contribution in [2.45, 2.75) is 18.4 Å². The molecule has 1 aliphatic carbocycles. The van der Waals surface area contributed by atoms with Gasteiger partial charge in [-0.25, -0.2) is 8.78 Å². The predicted molar refractivity (Wildman–Crippen MR) is 53.4 cm³/mol. The summed E-state index contributed by atoms with van der Waals surface area (Å²) in [5, 5.41) is 11.8. The first-order valence-electron chi connectivity index (χ1n) is 4.70. The van der Waals surface area contributed by atoms with Crippen LogP contribution < -0.4 is 11.1 Å². The molecule has 2 rings (SSSR count). The van der Waals surface area contributed by atoms with Crippen LogP contribution in [-0.4, -0.2) is 17.3 Å². The molecule has 1 saturated carbocycles. The second kappa shape index (κ2) is 3.34. The lowest BCUT2D eigenvalue weighted by molar-refractivity contribution is 0.266. The van der Waals surface area contributed by atoms with Crippen molar-refractivity contribution < 1.29 is 13.9 Å². The molecule has 0 spiro atoms. The molecule has 15 heavy (non-hydrogen) atoms. The van der Waals surface area contributed by atoms with Gasteiger partial charge in [-0.1, -0.05) is 0 Å². The van der Waals surface area contributed by atoms with Crippen LogP contribution in [0.2, 0.25) is 0 Å². The Bertz CT molecular complexity index is 391. The van der Waals surface area contributed by atoms with E-state index in [9.17, 15) is 8.78 Å². The lowest BCUT2D eigenvalue weighted by Gasteiger charge is -2.18. The summed E-state index contributed by atoms with van der Waals surface area (Å²) in [6.45, 7) is -0.109. The maximum Gasteiger partial charge on any atom is 0.183 e. The molecule has 0 unspecified atom stereocenters. The molecule has 0 atom stereocenters. The van der Waals surface area contributed by atoms with Crippen molar-refractivity contribution in [2.75, 3.05) is 17.7 Å². The number of aliphatic hydroxyl groups excluding tert-OH is 1. The maximum atomic E-state index is 13.4. The van der Waals surface area contributed by atoms with Gasteiger partial charge in [-0.3, -0.25) is 0 Å². The Morgan fingerprint density at radius 2 is 2.07 bits per heavy atom. The summed E-state index contributed by atoms with van der Waals surface area (Å²) in [5.74, 6) is -1.94. The Hall–Kier alpha value is -1.36. The normalized spacial score (nSPS) is 17.5. The third-order valence-electron chi connectivity index (χ3n) is 2.67. The number of hydrogen-bond acceptors (Lipinski definition) is 3. The van der Waals surface area contributed by atoms with Crippen molar-refractivity contribution in [1.29, 1.82) is 0 Å². The molecule has 82 valence electrons. The van der Waals surface area contributed by atoms with Gasteiger partial charge in [0.2, 0.25) is 0 Å². The molecule has 1 aliphatic rings. The average Bonchev–Trinajstić information content (AvgIpc) is 3.00. The number of aliphatic hydroxyl groups is 1. The van der Waals surface area contributed by atoms with Crippen LogP contribution >= 0.6 is 0 Å². The monoisotopic (exact) mass is 214 g/mol. The summed E-state index contributed by atoms with van der Waals surface area (Å²) < 4.78 is 26.3. The predicted octanol–water partition coefficient (Wildman–Crippen LogP) is 1.48. The van der Waals surface area contributed by atoms with E-state index in [0.717, 1.165) is 18.9 Å². The molecular formula is C10H12F2N2O. The lowest BCUT2D eigenvalue weighted by Crippen LogP contribution is -2.27. The Balaban J connectivity index is 2.31. The largest absolute Gasteiger partial charge is 0.397 e. The number of halogens is 2. The quantitative estimate of drug-likeness (QED) is 0.668. The van der Waals surface area contributed by atoms with Crippen molar-refractivity contribution in [1.82, 2.24) is 0 Å². The van der Waals surface area contributed by atoms with E-state index in [0.29, 0.717) is 0 Å². The van der Waals surface area contributed by atoms with Crippen LogP contribution in [0.1, 0.15) is 12.8 Å². The summed E-state index contributed by atoms with van der Waals surface area (Å²) >= 11 is 0. The number of rotatable bonds is 3. The van der Waals surface area contributed by atoms with Gasteiger partial charge >= 0.3 is 0 Å². The molecule has 1 aromatic rings. The Labute approximate surface area is 85.9 Å². The highest BCUT2D eigenvalue weighted by Crippen LogP contribution is 2.40. The van der Waals surface area contributed by atoms with Crippen LogP contribution in [0.15, 0.2) is 12.1 Å². The van der Waals surface area contributed by atoms with Gasteiger partial charge in [0.15, 0.2) is 11.6 Å². The first-order chi connectivity index (χ1) is 7.08. The number of anilines is 2. The highest BCUT2D eigenvalue weighted by Gasteiger charge is 2.43. The second-order valence-electron chi connectivity index (χ2n) is 3.89. The fourth-order valence-electron chi connectivity index (χ4n) is 1.43. The Kier molecular flexibility index (Phi) is 2.26. The summed E-state index contributed by atoms with van der Waals surface area (Å²) in [6.07, 6.45) is 1.47. The molecule has 0 aliphatic heterocycles.